The number of benzene rings is 1. The van der Waals surface area contributed by atoms with Gasteiger partial charge in [0.05, 0.1) is 11.6 Å². The molecular weight excluding hydrogens is 268 g/mol. The molecule has 0 aliphatic carbocycles. The quantitative estimate of drug-likeness (QED) is 0.931. The van der Waals surface area contributed by atoms with Crippen LogP contribution in [0.4, 0.5) is 5.69 Å². The van der Waals surface area contributed by atoms with Crippen molar-refractivity contribution in [3.63, 3.8) is 0 Å². The highest BCUT2D eigenvalue weighted by molar-refractivity contribution is 7.99. The van der Waals surface area contributed by atoms with Gasteiger partial charge in [0, 0.05) is 23.7 Å². The van der Waals surface area contributed by atoms with Gasteiger partial charge < -0.3 is 10.6 Å². The van der Waals surface area contributed by atoms with E-state index in [2.05, 4.69) is 26.8 Å². The van der Waals surface area contributed by atoms with Crippen molar-refractivity contribution in [2.24, 2.45) is 17.1 Å². The van der Waals surface area contributed by atoms with Gasteiger partial charge in [-0.05, 0) is 24.0 Å². The monoisotopic (exact) mass is 292 g/mol. The lowest BCUT2D eigenvalue weighted by Gasteiger charge is -2.33. The van der Waals surface area contributed by atoms with Gasteiger partial charge in [0.15, 0.2) is 0 Å². The van der Waals surface area contributed by atoms with Crippen LogP contribution in [-0.2, 0) is 4.79 Å². The first-order valence-corrected chi connectivity index (χ1v) is 8.14. The number of hydrogen-bond donors (Lipinski definition) is 1. The standard InChI is InChI=1S/C16H24N2OS/c1-16(2,3)10-12(11-17)15(19)18-8-9-20-14-7-5-4-6-13(14)18/h4-7,12H,8-11,17H2,1-3H3. The third-order valence-electron chi connectivity index (χ3n) is 3.49. The molecule has 1 heterocycles. The number of carbonyl (C=O) groups excluding carboxylic acids is 1. The normalized spacial score (nSPS) is 16.7. The number of carbonyl (C=O) groups is 1. The highest BCUT2D eigenvalue weighted by Crippen LogP contribution is 2.36. The van der Waals surface area contributed by atoms with Crippen LogP contribution in [0.1, 0.15) is 27.2 Å². The lowest BCUT2D eigenvalue weighted by atomic mass is 9.84. The Morgan fingerprint density at radius 3 is 2.75 bits per heavy atom. The molecule has 0 aromatic heterocycles. The van der Waals surface area contributed by atoms with Crippen LogP contribution in [0.3, 0.4) is 0 Å². The maximum absolute atomic E-state index is 12.8. The van der Waals surface area contributed by atoms with Crippen LogP contribution in [0.2, 0.25) is 0 Å². The van der Waals surface area contributed by atoms with E-state index >= 15 is 0 Å². The fraction of sp³-hybridized carbons (Fsp3) is 0.562. The lowest BCUT2D eigenvalue weighted by Crippen LogP contribution is -2.43. The first-order valence-electron chi connectivity index (χ1n) is 7.15. The van der Waals surface area contributed by atoms with Crippen molar-refractivity contribution in [1.29, 1.82) is 0 Å². The summed E-state index contributed by atoms with van der Waals surface area (Å²) in [7, 11) is 0. The van der Waals surface area contributed by atoms with Crippen LogP contribution in [0.15, 0.2) is 29.2 Å². The summed E-state index contributed by atoms with van der Waals surface area (Å²) in [5, 5.41) is 0. The van der Waals surface area contributed by atoms with Gasteiger partial charge in [-0.15, -0.1) is 11.8 Å². The number of rotatable bonds is 3. The van der Waals surface area contributed by atoms with E-state index in [1.54, 1.807) is 0 Å². The molecule has 110 valence electrons. The Kier molecular flexibility index (Phi) is 4.76. The molecule has 20 heavy (non-hydrogen) atoms. The minimum Gasteiger partial charge on any atom is -0.330 e. The number of nitrogens with zero attached hydrogens (tertiary/aromatic N) is 1. The molecule has 1 aliphatic rings. The third-order valence-corrected chi connectivity index (χ3v) is 4.53. The Morgan fingerprint density at radius 1 is 1.40 bits per heavy atom. The molecule has 0 radical (unpaired) electrons. The molecule has 0 saturated heterocycles. The highest BCUT2D eigenvalue weighted by atomic mass is 32.2. The number of amides is 1. The van der Waals surface area contributed by atoms with Crippen molar-refractivity contribution < 1.29 is 4.79 Å². The second-order valence-electron chi connectivity index (χ2n) is 6.50. The maximum Gasteiger partial charge on any atom is 0.231 e. The molecule has 0 spiro atoms. The molecule has 1 aromatic rings. The summed E-state index contributed by atoms with van der Waals surface area (Å²) in [5.41, 5.74) is 7.01. The molecule has 2 rings (SSSR count). The summed E-state index contributed by atoms with van der Waals surface area (Å²) < 4.78 is 0. The largest absolute Gasteiger partial charge is 0.330 e. The maximum atomic E-state index is 12.8. The van der Waals surface area contributed by atoms with E-state index < -0.39 is 0 Å². The van der Waals surface area contributed by atoms with E-state index in [1.807, 2.05) is 34.9 Å². The number of fused-ring (bicyclic) bond motifs is 1. The Bertz CT molecular complexity index is 482. The summed E-state index contributed by atoms with van der Waals surface area (Å²) in [4.78, 5) is 15.9. The van der Waals surface area contributed by atoms with Gasteiger partial charge in [-0.25, -0.2) is 0 Å². The van der Waals surface area contributed by atoms with E-state index in [1.165, 1.54) is 4.90 Å². The summed E-state index contributed by atoms with van der Waals surface area (Å²) in [6.07, 6.45) is 0.828. The SMILES string of the molecule is CC(C)(C)CC(CN)C(=O)N1CCSc2ccccc21. The zero-order valence-corrected chi connectivity index (χ0v) is 13.4. The zero-order chi connectivity index (χ0) is 14.8. The van der Waals surface area contributed by atoms with Crippen LogP contribution >= 0.6 is 11.8 Å². The number of hydrogen-bond acceptors (Lipinski definition) is 3. The molecule has 0 bridgehead atoms. The van der Waals surface area contributed by atoms with Crippen LogP contribution in [0.25, 0.3) is 0 Å². The van der Waals surface area contributed by atoms with Gasteiger partial charge in [-0.2, -0.15) is 0 Å². The summed E-state index contributed by atoms with van der Waals surface area (Å²) >= 11 is 1.82. The topological polar surface area (TPSA) is 46.3 Å². The van der Waals surface area contributed by atoms with Crippen LogP contribution in [0.5, 0.6) is 0 Å². The molecule has 1 unspecified atom stereocenters. The Hall–Kier alpha value is -1.00. The van der Waals surface area contributed by atoms with Crippen LogP contribution in [-0.4, -0.2) is 24.7 Å². The van der Waals surface area contributed by atoms with Gasteiger partial charge in [0.2, 0.25) is 5.91 Å². The molecule has 2 N–H and O–H groups in total. The van der Waals surface area contributed by atoms with Gasteiger partial charge in [0.1, 0.15) is 0 Å². The molecule has 1 aliphatic heterocycles. The van der Waals surface area contributed by atoms with Gasteiger partial charge in [-0.3, -0.25) is 4.79 Å². The van der Waals surface area contributed by atoms with E-state index in [-0.39, 0.29) is 17.2 Å². The average molecular weight is 292 g/mol. The first kappa shape index (κ1) is 15.4. The van der Waals surface area contributed by atoms with Crippen LogP contribution < -0.4 is 10.6 Å². The van der Waals surface area contributed by atoms with Crippen LogP contribution in [0, 0.1) is 11.3 Å². The minimum atomic E-state index is -0.0915. The van der Waals surface area contributed by atoms with Crippen molar-refractivity contribution in [3.05, 3.63) is 24.3 Å². The van der Waals surface area contributed by atoms with Crippen molar-refractivity contribution >= 4 is 23.4 Å². The minimum absolute atomic E-state index is 0.0915. The van der Waals surface area contributed by atoms with Crippen molar-refractivity contribution in [1.82, 2.24) is 0 Å². The summed E-state index contributed by atoms with van der Waals surface area (Å²) in [6.45, 7) is 7.66. The predicted octanol–water partition coefficient (Wildman–Crippen LogP) is 3.14. The molecule has 1 aromatic carbocycles. The Balaban J connectivity index is 2.21. The smallest absolute Gasteiger partial charge is 0.231 e. The van der Waals surface area contributed by atoms with E-state index in [9.17, 15) is 4.79 Å². The third kappa shape index (κ3) is 3.55. The summed E-state index contributed by atoms with van der Waals surface area (Å²) in [6, 6.07) is 8.13. The first-order chi connectivity index (χ1) is 9.42. The predicted molar refractivity (Wildman–Crippen MR) is 86.1 cm³/mol. The molecule has 3 nitrogen and oxygen atoms in total. The van der Waals surface area contributed by atoms with Gasteiger partial charge in [-0.1, -0.05) is 32.9 Å². The Morgan fingerprint density at radius 2 is 2.10 bits per heavy atom. The number of nitrogens with two attached hydrogens (primary N) is 1. The number of thioether (sulfide) groups is 1. The van der Waals surface area contributed by atoms with E-state index in [4.69, 9.17) is 5.73 Å². The number of para-hydroxylation sites is 1. The van der Waals surface area contributed by atoms with Crippen molar-refractivity contribution in [3.8, 4) is 0 Å². The molecule has 4 heteroatoms. The zero-order valence-electron chi connectivity index (χ0n) is 12.6. The van der Waals surface area contributed by atoms with Gasteiger partial charge in [0.25, 0.3) is 0 Å². The fourth-order valence-corrected chi connectivity index (χ4v) is 3.62. The van der Waals surface area contributed by atoms with E-state index in [0.29, 0.717) is 6.54 Å². The van der Waals surface area contributed by atoms with E-state index in [0.717, 1.165) is 24.4 Å². The second kappa shape index (κ2) is 6.19. The van der Waals surface area contributed by atoms with Gasteiger partial charge >= 0.3 is 0 Å². The fourth-order valence-electron chi connectivity index (χ4n) is 2.63. The average Bonchev–Trinajstić information content (AvgIpc) is 2.42. The van der Waals surface area contributed by atoms with Crippen molar-refractivity contribution in [2.45, 2.75) is 32.1 Å². The molecule has 1 amide bonds. The molecular formula is C16H24N2OS. The summed E-state index contributed by atoms with van der Waals surface area (Å²) in [5.74, 6) is 1.04. The molecule has 0 fully saturated rings. The Labute approximate surface area is 125 Å². The molecule has 0 saturated carbocycles. The molecule has 1 atom stereocenters. The lowest BCUT2D eigenvalue weighted by molar-refractivity contribution is -0.123. The second-order valence-corrected chi connectivity index (χ2v) is 7.64. The highest BCUT2D eigenvalue weighted by Gasteiger charge is 2.30. The number of anilines is 1. The van der Waals surface area contributed by atoms with Crippen molar-refractivity contribution in [2.75, 3.05) is 23.7 Å².